The van der Waals surface area contributed by atoms with E-state index in [1.54, 1.807) is 18.3 Å². The van der Waals surface area contributed by atoms with Crippen LogP contribution < -0.4 is 0 Å². The fourth-order valence-corrected chi connectivity index (χ4v) is 1.83. The van der Waals surface area contributed by atoms with Crippen LogP contribution in [0.15, 0.2) is 42.6 Å². The molecular weight excluding hydrogens is 282 g/mol. The van der Waals surface area contributed by atoms with Crippen molar-refractivity contribution in [3.63, 3.8) is 0 Å². The van der Waals surface area contributed by atoms with Gasteiger partial charge in [-0.1, -0.05) is 0 Å². The van der Waals surface area contributed by atoms with Crippen molar-refractivity contribution in [1.29, 1.82) is 0 Å². The van der Waals surface area contributed by atoms with E-state index in [1.807, 2.05) is 18.2 Å². The molecule has 6 heteroatoms. The molecular formula is C12H7CuN3O2. The molecule has 3 aromatic rings. The molecule has 0 N–H and O–H groups in total. The molecule has 93 valence electrons. The zero-order valence-corrected chi connectivity index (χ0v) is 9.94. The number of nitrogens with zero attached hydrogens (tertiary/aromatic N) is 3. The van der Waals surface area contributed by atoms with Gasteiger partial charge in [-0.25, -0.2) is 0 Å². The maximum absolute atomic E-state index is 10.7. The Balaban J connectivity index is 0.00000120. The average Bonchev–Trinajstić information content (AvgIpc) is 2.38. The Labute approximate surface area is 112 Å². The third kappa shape index (κ3) is 1.92. The first-order chi connectivity index (χ1) is 8.25. The first kappa shape index (κ1) is 12.4. The van der Waals surface area contributed by atoms with Gasteiger partial charge in [0, 0.05) is 34.7 Å². The third-order valence-electron chi connectivity index (χ3n) is 2.61. The summed E-state index contributed by atoms with van der Waals surface area (Å²) in [7, 11) is 0. The Hall–Kier alpha value is -2.04. The van der Waals surface area contributed by atoms with Gasteiger partial charge in [-0.3, -0.25) is 4.98 Å². The largest absolute Gasteiger partial charge is 0.364 e. The molecule has 18 heavy (non-hydrogen) atoms. The van der Waals surface area contributed by atoms with Gasteiger partial charge >= 0.3 is 5.82 Å². The second-order valence-corrected chi connectivity index (χ2v) is 3.63. The first-order valence-electron chi connectivity index (χ1n) is 5.04. The zero-order chi connectivity index (χ0) is 11.8. The monoisotopic (exact) mass is 288 g/mol. The minimum atomic E-state index is -0.491. The molecule has 0 aliphatic heterocycles. The molecule has 0 aliphatic rings. The smallest absolute Gasteiger partial charge is 0.358 e. The maximum Gasteiger partial charge on any atom is 0.364 e. The van der Waals surface area contributed by atoms with Crippen LogP contribution in [-0.2, 0) is 17.1 Å². The summed E-state index contributed by atoms with van der Waals surface area (Å²) in [6, 6.07) is 10.5. The van der Waals surface area contributed by atoms with Crippen molar-refractivity contribution in [2.24, 2.45) is 0 Å². The van der Waals surface area contributed by atoms with Crippen LogP contribution >= 0.6 is 0 Å². The van der Waals surface area contributed by atoms with E-state index in [1.165, 1.54) is 6.07 Å². The molecule has 5 nitrogen and oxygen atoms in total. The van der Waals surface area contributed by atoms with E-state index >= 15 is 0 Å². The Morgan fingerprint density at radius 3 is 2.67 bits per heavy atom. The van der Waals surface area contributed by atoms with Crippen LogP contribution in [0.5, 0.6) is 0 Å². The topological polar surface area (TPSA) is 68.9 Å². The van der Waals surface area contributed by atoms with Crippen molar-refractivity contribution in [1.82, 2.24) is 9.97 Å². The predicted octanol–water partition coefficient (Wildman–Crippen LogP) is 2.69. The summed E-state index contributed by atoms with van der Waals surface area (Å²) < 4.78 is 0. The molecule has 2 heterocycles. The molecule has 0 atom stereocenters. The third-order valence-corrected chi connectivity index (χ3v) is 2.61. The second kappa shape index (κ2) is 4.68. The molecule has 0 bridgehead atoms. The molecule has 1 aromatic carbocycles. The van der Waals surface area contributed by atoms with Crippen LogP contribution in [0.3, 0.4) is 0 Å². The Morgan fingerprint density at radius 2 is 1.89 bits per heavy atom. The number of aromatic nitrogens is 2. The fourth-order valence-electron chi connectivity index (χ4n) is 1.83. The first-order valence-corrected chi connectivity index (χ1v) is 5.04. The minimum absolute atomic E-state index is 0. The quantitative estimate of drug-likeness (QED) is 0.299. The van der Waals surface area contributed by atoms with E-state index in [2.05, 4.69) is 9.97 Å². The van der Waals surface area contributed by atoms with E-state index in [0.29, 0.717) is 5.52 Å². The number of benzene rings is 1. The number of pyridine rings is 2. The van der Waals surface area contributed by atoms with Crippen molar-refractivity contribution >= 4 is 27.6 Å². The summed E-state index contributed by atoms with van der Waals surface area (Å²) in [4.78, 5) is 18.5. The molecule has 0 saturated heterocycles. The number of rotatable bonds is 1. The summed E-state index contributed by atoms with van der Waals surface area (Å²) in [6.45, 7) is 0. The van der Waals surface area contributed by atoms with Crippen LogP contribution in [0.4, 0.5) is 5.82 Å². The van der Waals surface area contributed by atoms with Crippen molar-refractivity contribution in [2.75, 3.05) is 0 Å². The molecule has 1 radical (unpaired) electrons. The summed E-state index contributed by atoms with van der Waals surface area (Å²) in [5.74, 6) is -0.145. The summed E-state index contributed by atoms with van der Waals surface area (Å²) in [5, 5.41) is 12.4. The van der Waals surface area contributed by atoms with Gasteiger partial charge in [-0.05, 0) is 40.2 Å². The zero-order valence-electron chi connectivity index (χ0n) is 9.00. The van der Waals surface area contributed by atoms with Gasteiger partial charge in [0.1, 0.15) is 0 Å². The Kier molecular flexibility index (Phi) is 3.23. The molecule has 0 aliphatic carbocycles. The summed E-state index contributed by atoms with van der Waals surface area (Å²) >= 11 is 0. The van der Waals surface area contributed by atoms with Crippen LogP contribution in [0.1, 0.15) is 0 Å². The van der Waals surface area contributed by atoms with Gasteiger partial charge in [0.05, 0.1) is 10.9 Å². The number of nitro groups is 1. The SMILES string of the molecule is O=[N+]([O-])c1ccc2ccc3ncccc3c2n1.[Cu]. The number of fused-ring (bicyclic) bond motifs is 3. The molecule has 2 aromatic heterocycles. The molecule has 0 amide bonds. The van der Waals surface area contributed by atoms with Crippen molar-refractivity contribution < 1.29 is 22.0 Å². The molecule has 0 unspecified atom stereocenters. The predicted molar refractivity (Wildman–Crippen MR) is 63.7 cm³/mol. The van der Waals surface area contributed by atoms with Crippen LogP contribution in [0, 0.1) is 10.1 Å². The fraction of sp³-hybridized carbons (Fsp3) is 0. The number of hydrogen-bond donors (Lipinski definition) is 0. The van der Waals surface area contributed by atoms with Crippen LogP contribution in [0.25, 0.3) is 21.8 Å². The molecule has 0 spiro atoms. The summed E-state index contributed by atoms with van der Waals surface area (Å²) in [5.41, 5.74) is 1.40. The summed E-state index contributed by atoms with van der Waals surface area (Å²) in [6.07, 6.45) is 1.69. The van der Waals surface area contributed by atoms with E-state index in [0.717, 1.165) is 16.3 Å². The van der Waals surface area contributed by atoms with Crippen molar-refractivity contribution in [2.45, 2.75) is 0 Å². The van der Waals surface area contributed by atoms with E-state index in [9.17, 15) is 10.1 Å². The second-order valence-electron chi connectivity index (χ2n) is 3.63. The Morgan fingerprint density at radius 1 is 1.11 bits per heavy atom. The van der Waals surface area contributed by atoms with Crippen molar-refractivity contribution in [3.8, 4) is 0 Å². The molecule has 0 saturated carbocycles. The van der Waals surface area contributed by atoms with Gasteiger partial charge in [-0.15, -0.1) is 0 Å². The van der Waals surface area contributed by atoms with Crippen LogP contribution in [0.2, 0.25) is 0 Å². The standard InChI is InChI=1S/C12H7N3O2.Cu/c16-15(17)11-6-4-8-3-5-10-9(12(8)14-11)2-1-7-13-10;/h1-7H;. The average molecular weight is 289 g/mol. The molecule has 3 rings (SSSR count). The maximum atomic E-state index is 10.7. The number of hydrogen-bond acceptors (Lipinski definition) is 4. The van der Waals surface area contributed by atoms with Gasteiger partial charge < -0.3 is 10.1 Å². The van der Waals surface area contributed by atoms with E-state index < -0.39 is 4.92 Å². The van der Waals surface area contributed by atoms with Gasteiger partial charge in [0.15, 0.2) is 5.52 Å². The molecule has 0 fully saturated rings. The van der Waals surface area contributed by atoms with Gasteiger partial charge in [0.25, 0.3) is 0 Å². The van der Waals surface area contributed by atoms with Gasteiger partial charge in [0.2, 0.25) is 0 Å². The van der Waals surface area contributed by atoms with Crippen molar-refractivity contribution in [3.05, 3.63) is 52.7 Å². The van der Waals surface area contributed by atoms with E-state index in [4.69, 9.17) is 0 Å². The van der Waals surface area contributed by atoms with E-state index in [-0.39, 0.29) is 22.9 Å². The van der Waals surface area contributed by atoms with Crippen LogP contribution in [-0.4, -0.2) is 14.9 Å². The van der Waals surface area contributed by atoms with Gasteiger partial charge in [-0.2, -0.15) is 0 Å². The Bertz CT molecular complexity index is 746. The normalized spacial score (nSPS) is 10.2. The minimum Gasteiger partial charge on any atom is -0.358 e.